The molecule has 5 nitrogen and oxygen atoms in total. The van der Waals surface area contributed by atoms with E-state index in [0.717, 1.165) is 4.90 Å². The lowest BCUT2D eigenvalue weighted by Crippen LogP contribution is -2.28. The molecule has 0 aliphatic heterocycles. The van der Waals surface area contributed by atoms with Gasteiger partial charge in [0, 0.05) is 36.1 Å². The van der Waals surface area contributed by atoms with E-state index in [9.17, 15) is 31.1 Å². The summed E-state index contributed by atoms with van der Waals surface area (Å²) in [6, 6.07) is 3.86. The Balaban J connectivity index is 2.11. The average molecular weight is 455 g/mol. The zero-order valence-electron chi connectivity index (χ0n) is 16.6. The number of benzene rings is 1. The minimum absolute atomic E-state index is 0.0336. The van der Waals surface area contributed by atoms with Gasteiger partial charge in [-0.3, -0.25) is 14.8 Å². The molecule has 0 atom stereocenters. The van der Waals surface area contributed by atoms with Gasteiger partial charge in [0.1, 0.15) is 5.75 Å². The molecule has 0 spiro atoms. The summed E-state index contributed by atoms with van der Waals surface area (Å²) in [5, 5.41) is 0. The van der Waals surface area contributed by atoms with Gasteiger partial charge in [-0.15, -0.1) is 0 Å². The molecule has 32 heavy (non-hydrogen) atoms. The summed E-state index contributed by atoms with van der Waals surface area (Å²) in [7, 11) is 2.63. The van der Waals surface area contributed by atoms with Crippen LogP contribution in [0.1, 0.15) is 21.5 Å². The van der Waals surface area contributed by atoms with Gasteiger partial charge in [0.2, 0.25) is 0 Å². The summed E-state index contributed by atoms with van der Waals surface area (Å²) in [5.74, 6) is -0.733. The van der Waals surface area contributed by atoms with Gasteiger partial charge >= 0.3 is 12.4 Å². The molecule has 0 radical (unpaired) electrons. The van der Waals surface area contributed by atoms with Crippen LogP contribution in [0.25, 0.3) is 11.1 Å². The number of carbonyl (C=O) groups excluding carboxylic acids is 1. The van der Waals surface area contributed by atoms with Crippen LogP contribution in [0.2, 0.25) is 0 Å². The van der Waals surface area contributed by atoms with Crippen molar-refractivity contribution in [3.63, 3.8) is 0 Å². The molecule has 1 aromatic carbocycles. The number of ether oxygens (including phenoxy) is 1. The smallest absolute Gasteiger partial charge is 0.416 e. The van der Waals surface area contributed by atoms with Crippen molar-refractivity contribution < 1.29 is 35.9 Å². The number of aromatic nitrogens is 2. The molecule has 11 heteroatoms. The Morgan fingerprint density at radius 3 is 1.94 bits per heavy atom. The van der Waals surface area contributed by atoms with E-state index in [4.69, 9.17) is 4.74 Å². The maximum atomic E-state index is 13.2. The highest BCUT2D eigenvalue weighted by molar-refractivity contribution is 6.08. The highest BCUT2D eigenvalue weighted by Crippen LogP contribution is 2.38. The van der Waals surface area contributed by atoms with Crippen molar-refractivity contribution in [2.75, 3.05) is 19.1 Å². The van der Waals surface area contributed by atoms with Crippen LogP contribution in [0.4, 0.5) is 32.0 Å². The van der Waals surface area contributed by atoms with E-state index in [2.05, 4.69) is 9.97 Å². The van der Waals surface area contributed by atoms with Crippen molar-refractivity contribution in [3.05, 3.63) is 71.8 Å². The Kier molecular flexibility index (Phi) is 6.11. The molecule has 0 bridgehead atoms. The fraction of sp³-hybridized carbons (Fsp3) is 0.190. The fourth-order valence-corrected chi connectivity index (χ4v) is 3.03. The Labute approximate surface area is 178 Å². The van der Waals surface area contributed by atoms with Crippen LogP contribution in [-0.4, -0.2) is 30.0 Å². The van der Waals surface area contributed by atoms with Gasteiger partial charge < -0.3 is 9.64 Å². The van der Waals surface area contributed by atoms with Crippen LogP contribution in [0.3, 0.4) is 0 Å². The Morgan fingerprint density at radius 1 is 0.875 bits per heavy atom. The third-order valence-electron chi connectivity index (χ3n) is 4.60. The average Bonchev–Trinajstić information content (AvgIpc) is 2.76. The second kappa shape index (κ2) is 8.48. The molecule has 2 aromatic heterocycles. The number of alkyl halides is 6. The predicted molar refractivity (Wildman–Crippen MR) is 103 cm³/mol. The van der Waals surface area contributed by atoms with Crippen molar-refractivity contribution in [1.29, 1.82) is 0 Å². The molecule has 168 valence electrons. The van der Waals surface area contributed by atoms with Crippen LogP contribution in [0.15, 0.2) is 55.1 Å². The summed E-state index contributed by atoms with van der Waals surface area (Å²) in [4.78, 5) is 21.7. The lowest BCUT2D eigenvalue weighted by atomic mass is 10.0. The van der Waals surface area contributed by atoms with Crippen LogP contribution in [0.5, 0.6) is 5.75 Å². The second-order valence-electron chi connectivity index (χ2n) is 6.63. The first-order chi connectivity index (χ1) is 14.9. The molecule has 1 amide bonds. The molecule has 0 saturated heterocycles. The number of halogens is 6. The number of amides is 1. The number of hydrogen-bond donors (Lipinski definition) is 0. The second-order valence-corrected chi connectivity index (χ2v) is 6.63. The number of anilines is 1. The maximum Gasteiger partial charge on any atom is 0.416 e. The molecule has 0 fully saturated rings. The first-order valence-corrected chi connectivity index (χ1v) is 8.93. The van der Waals surface area contributed by atoms with E-state index in [1.165, 1.54) is 45.0 Å². The van der Waals surface area contributed by atoms with E-state index < -0.39 is 35.0 Å². The zero-order chi connectivity index (χ0) is 23.7. The minimum atomic E-state index is -5.07. The van der Waals surface area contributed by atoms with Gasteiger partial charge in [-0.2, -0.15) is 26.3 Å². The molecular formula is C21H15F6N3O2. The van der Waals surface area contributed by atoms with Crippen molar-refractivity contribution in [3.8, 4) is 16.9 Å². The maximum absolute atomic E-state index is 13.2. The summed E-state index contributed by atoms with van der Waals surface area (Å²) >= 11 is 0. The summed E-state index contributed by atoms with van der Waals surface area (Å²) in [6.07, 6.45) is -4.57. The number of rotatable bonds is 4. The summed E-state index contributed by atoms with van der Waals surface area (Å²) in [5.41, 5.74) is -2.87. The van der Waals surface area contributed by atoms with Crippen LogP contribution in [0, 0.1) is 0 Å². The van der Waals surface area contributed by atoms with E-state index >= 15 is 0 Å². The topological polar surface area (TPSA) is 55.3 Å². The number of hydrogen-bond acceptors (Lipinski definition) is 4. The molecular weight excluding hydrogens is 440 g/mol. The fourth-order valence-electron chi connectivity index (χ4n) is 3.03. The predicted octanol–water partition coefficient (Wildman–Crippen LogP) is 5.47. The lowest BCUT2D eigenvalue weighted by Gasteiger charge is -2.22. The number of pyridine rings is 2. The van der Waals surface area contributed by atoms with Gasteiger partial charge in [-0.1, -0.05) is 0 Å². The minimum Gasteiger partial charge on any atom is -0.494 e. The van der Waals surface area contributed by atoms with E-state index in [1.54, 1.807) is 6.07 Å². The van der Waals surface area contributed by atoms with Crippen LogP contribution in [-0.2, 0) is 12.4 Å². The van der Waals surface area contributed by atoms with Gasteiger partial charge in [-0.25, -0.2) is 0 Å². The zero-order valence-corrected chi connectivity index (χ0v) is 16.6. The summed E-state index contributed by atoms with van der Waals surface area (Å²) in [6.45, 7) is 0. The van der Waals surface area contributed by atoms with Crippen LogP contribution >= 0.6 is 0 Å². The van der Waals surface area contributed by atoms with Gasteiger partial charge in [0.25, 0.3) is 5.91 Å². The monoisotopic (exact) mass is 455 g/mol. The molecule has 0 aliphatic carbocycles. The standard InChI is InChI=1S/C21H15F6N3O2/c1-30(17-10-28-5-3-15(17)16-4-6-29-11-18(16)32-2)19(31)12-7-13(20(22,23)24)9-14(8-12)21(25,26)27/h3-11H,1-2H3. The molecule has 2 heterocycles. The number of methoxy groups -OCH3 is 1. The number of carbonyl (C=O) groups is 1. The highest BCUT2D eigenvalue weighted by atomic mass is 19.4. The molecule has 0 saturated carbocycles. The van der Waals surface area contributed by atoms with Gasteiger partial charge in [0.15, 0.2) is 0 Å². The quantitative estimate of drug-likeness (QED) is 0.490. The number of nitrogens with zero attached hydrogens (tertiary/aromatic N) is 3. The largest absolute Gasteiger partial charge is 0.494 e. The first-order valence-electron chi connectivity index (χ1n) is 8.93. The first kappa shape index (κ1) is 23.0. The summed E-state index contributed by atoms with van der Waals surface area (Å²) < 4.78 is 84.3. The van der Waals surface area contributed by atoms with Crippen molar-refractivity contribution >= 4 is 11.6 Å². The molecule has 0 N–H and O–H groups in total. The van der Waals surface area contributed by atoms with Crippen LogP contribution < -0.4 is 9.64 Å². The van der Waals surface area contributed by atoms with Gasteiger partial charge in [-0.05, 0) is 30.3 Å². The molecule has 0 aliphatic rings. The third-order valence-corrected chi connectivity index (χ3v) is 4.60. The van der Waals surface area contributed by atoms with E-state index in [1.807, 2.05) is 0 Å². The Morgan fingerprint density at radius 2 is 1.41 bits per heavy atom. The van der Waals surface area contributed by atoms with E-state index in [0.29, 0.717) is 29.0 Å². The molecule has 3 rings (SSSR count). The lowest BCUT2D eigenvalue weighted by molar-refractivity contribution is -0.143. The molecule has 3 aromatic rings. The van der Waals surface area contributed by atoms with E-state index in [-0.39, 0.29) is 11.8 Å². The molecule has 0 unspecified atom stereocenters. The Bertz CT molecular complexity index is 1110. The third kappa shape index (κ3) is 4.66. The Hall–Kier alpha value is -3.63. The van der Waals surface area contributed by atoms with Crippen molar-refractivity contribution in [2.45, 2.75) is 12.4 Å². The normalized spacial score (nSPS) is 11.9. The van der Waals surface area contributed by atoms with Gasteiger partial charge in [0.05, 0.1) is 36.3 Å². The van der Waals surface area contributed by atoms with Crippen molar-refractivity contribution in [2.24, 2.45) is 0 Å². The SMILES string of the molecule is COc1cnccc1-c1ccncc1N(C)C(=O)c1cc(C(F)(F)F)cc(C(F)(F)F)c1. The highest BCUT2D eigenvalue weighted by Gasteiger charge is 2.38. The van der Waals surface area contributed by atoms with Crippen molar-refractivity contribution in [1.82, 2.24) is 9.97 Å².